The number of allylic oxidation sites excluding steroid dienone is 8. The molecule has 0 aliphatic heterocycles. The predicted octanol–water partition coefficient (Wildman–Crippen LogP) is 24.5. The molecule has 0 fully saturated rings. The van der Waals surface area contributed by atoms with Crippen LogP contribution < -0.4 is 0 Å². The molecule has 0 aromatic rings. The van der Waals surface area contributed by atoms with Crippen molar-refractivity contribution in [2.45, 2.75) is 393 Å². The normalized spacial score (nSPS) is 12.3. The second kappa shape index (κ2) is 68.9. The van der Waals surface area contributed by atoms with E-state index in [-0.39, 0.29) is 31.1 Å². The molecule has 0 saturated heterocycles. The summed E-state index contributed by atoms with van der Waals surface area (Å²) < 4.78 is 17.0. The fraction of sp³-hybridized carbons (Fsp3) is 0.851. The van der Waals surface area contributed by atoms with E-state index in [0.29, 0.717) is 19.3 Å². The highest BCUT2D eigenvalue weighted by Gasteiger charge is 2.19. The highest BCUT2D eigenvalue weighted by Crippen LogP contribution is 2.19. The van der Waals surface area contributed by atoms with Crippen molar-refractivity contribution in [1.29, 1.82) is 0 Å². The van der Waals surface area contributed by atoms with E-state index in [9.17, 15) is 14.4 Å². The summed E-state index contributed by atoms with van der Waals surface area (Å²) >= 11 is 0. The fourth-order valence-corrected chi connectivity index (χ4v) is 10.8. The Hall–Kier alpha value is -2.63. The molecule has 0 radical (unpaired) electrons. The smallest absolute Gasteiger partial charge is 0.306 e. The van der Waals surface area contributed by atoms with Gasteiger partial charge in [-0.05, 0) is 77.0 Å². The van der Waals surface area contributed by atoms with Crippen molar-refractivity contribution in [1.82, 2.24) is 0 Å². The van der Waals surface area contributed by atoms with Gasteiger partial charge in [-0.2, -0.15) is 0 Å². The van der Waals surface area contributed by atoms with Gasteiger partial charge >= 0.3 is 17.9 Å². The number of carbonyl (C=O) groups excluding carboxylic acids is 3. The quantitative estimate of drug-likeness (QED) is 0.0261. The van der Waals surface area contributed by atoms with E-state index < -0.39 is 6.10 Å². The number of carbonyl (C=O) groups is 3. The van der Waals surface area contributed by atoms with E-state index in [2.05, 4.69) is 69.4 Å². The average molecular weight is 1120 g/mol. The van der Waals surface area contributed by atoms with Gasteiger partial charge in [0.05, 0.1) is 0 Å². The number of ether oxygens (including phenoxy) is 3. The monoisotopic (exact) mass is 1120 g/mol. The van der Waals surface area contributed by atoms with Crippen molar-refractivity contribution in [3.05, 3.63) is 48.6 Å². The predicted molar refractivity (Wildman–Crippen MR) is 349 cm³/mol. The Morgan fingerprint density at radius 2 is 0.487 bits per heavy atom. The van der Waals surface area contributed by atoms with Crippen molar-refractivity contribution in [2.75, 3.05) is 13.2 Å². The summed E-state index contributed by atoms with van der Waals surface area (Å²) in [6.45, 7) is 6.57. The number of rotatable bonds is 66. The first-order valence-corrected chi connectivity index (χ1v) is 35.6. The highest BCUT2D eigenvalue weighted by molar-refractivity contribution is 5.71. The molecule has 0 amide bonds. The third-order valence-corrected chi connectivity index (χ3v) is 16.1. The van der Waals surface area contributed by atoms with Gasteiger partial charge in [-0.25, -0.2) is 0 Å². The van der Waals surface area contributed by atoms with Gasteiger partial charge in [-0.1, -0.05) is 339 Å². The topological polar surface area (TPSA) is 78.9 Å². The molecule has 80 heavy (non-hydrogen) atoms. The molecule has 0 spiro atoms. The van der Waals surface area contributed by atoms with Gasteiger partial charge in [-0.15, -0.1) is 0 Å². The Bertz CT molecular complexity index is 1380. The molecule has 6 heteroatoms. The van der Waals surface area contributed by atoms with E-state index in [0.717, 1.165) is 83.5 Å². The number of hydrogen-bond acceptors (Lipinski definition) is 6. The number of unbranched alkanes of at least 4 members (excludes halogenated alkanes) is 47. The number of esters is 3. The molecule has 0 aromatic heterocycles. The van der Waals surface area contributed by atoms with Crippen LogP contribution in [0.5, 0.6) is 0 Å². The van der Waals surface area contributed by atoms with E-state index in [1.165, 1.54) is 263 Å². The molecule has 0 aliphatic rings. The lowest BCUT2D eigenvalue weighted by Gasteiger charge is -2.18. The minimum Gasteiger partial charge on any atom is -0.462 e. The second-order valence-corrected chi connectivity index (χ2v) is 24.1. The molecule has 1 atom stereocenters. The highest BCUT2D eigenvalue weighted by atomic mass is 16.6. The maximum Gasteiger partial charge on any atom is 0.306 e. The summed E-state index contributed by atoms with van der Waals surface area (Å²) in [5.74, 6) is -0.882. The van der Waals surface area contributed by atoms with Gasteiger partial charge in [-0.3, -0.25) is 14.4 Å². The third kappa shape index (κ3) is 66.2. The maximum atomic E-state index is 12.9. The molecular formula is C74H136O6. The van der Waals surface area contributed by atoms with Crippen molar-refractivity contribution in [2.24, 2.45) is 0 Å². The summed E-state index contributed by atoms with van der Waals surface area (Å²) in [4.78, 5) is 38.4. The van der Waals surface area contributed by atoms with E-state index in [4.69, 9.17) is 14.2 Å². The molecular weight excluding hydrogens is 985 g/mol. The van der Waals surface area contributed by atoms with E-state index in [1.54, 1.807) is 0 Å². The van der Waals surface area contributed by atoms with Crippen LogP contribution in [0, 0.1) is 0 Å². The fourth-order valence-electron chi connectivity index (χ4n) is 10.8. The summed E-state index contributed by atoms with van der Waals surface area (Å²) in [6, 6.07) is 0. The van der Waals surface area contributed by atoms with Crippen LogP contribution in [-0.4, -0.2) is 37.2 Å². The zero-order chi connectivity index (χ0) is 57.8. The Morgan fingerprint density at radius 1 is 0.263 bits per heavy atom. The molecule has 0 heterocycles. The SMILES string of the molecule is CC/C=C\C/C=C\C/C=C\CCCCCC(=O)OCC(COC(=O)CCCCCCCCCCCCCCCCCCC/C=C\CCCCCCCCCC)OC(=O)CCCCCCCCCCCCCCCCCCCCCC. The summed E-state index contributed by atoms with van der Waals surface area (Å²) in [5, 5.41) is 0. The lowest BCUT2D eigenvalue weighted by Crippen LogP contribution is -2.30. The Balaban J connectivity index is 4.19. The molecule has 1 unspecified atom stereocenters. The standard InChI is InChI=1S/C74H136O6/c1-4-7-10-13-16-19-22-25-27-29-31-33-34-35-36-37-38-39-40-41-43-44-46-49-52-55-58-61-64-67-73(76)79-70-71(69-78-72(75)66-63-60-57-54-51-48-24-21-18-15-12-9-6-3)80-74(77)68-65-62-59-56-53-50-47-45-42-32-30-28-26-23-20-17-14-11-8-5-2/h9,12,18,21,29,31,48,51,71H,4-8,10-11,13-17,19-20,22-28,30,32-47,49-50,52-70H2,1-3H3/b12-9-,21-18-,31-29-,51-48-. The van der Waals surface area contributed by atoms with Gasteiger partial charge in [0.2, 0.25) is 0 Å². The first kappa shape index (κ1) is 77.4. The van der Waals surface area contributed by atoms with Crippen LogP contribution in [0.25, 0.3) is 0 Å². The first-order valence-electron chi connectivity index (χ1n) is 35.6. The van der Waals surface area contributed by atoms with Gasteiger partial charge in [0.25, 0.3) is 0 Å². The molecule has 0 saturated carbocycles. The van der Waals surface area contributed by atoms with Crippen molar-refractivity contribution in [3.63, 3.8) is 0 Å². The van der Waals surface area contributed by atoms with Crippen LogP contribution in [0.4, 0.5) is 0 Å². The molecule has 0 N–H and O–H groups in total. The summed E-state index contributed by atoms with van der Waals surface area (Å²) in [7, 11) is 0. The zero-order valence-corrected chi connectivity index (χ0v) is 53.9. The third-order valence-electron chi connectivity index (χ3n) is 16.1. The van der Waals surface area contributed by atoms with Crippen molar-refractivity contribution in [3.8, 4) is 0 Å². The van der Waals surface area contributed by atoms with Crippen LogP contribution in [-0.2, 0) is 28.6 Å². The van der Waals surface area contributed by atoms with Crippen LogP contribution in [0.15, 0.2) is 48.6 Å². The van der Waals surface area contributed by atoms with Gasteiger partial charge in [0.15, 0.2) is 6.10 Å². The number of hydrogen-bond donors (Lipinski definition) is 0. The average Bonchev–Trinajstić information content (AvgIpc) is 3.46. The van der Waals surface area contributed by atoms with Gasteiger partial charge in [0.1, 0.15) is 13.2 Å². The maximum absolute atomic E-state index is 12.9. The second-order valence-electron chi connectivity index (χ2n) is 24.1. The molecule has 0 rings (SSSR count). The van der Waals surface area contributed by atoms with Crippen LogP contribution in [0.2, 0.25) is 0 Å². The van der Waals surface area contributed by atoms with Crippen molar-refractivity contribution >= 4 is 17.9 Å². The van der Waals surface area contributed by atoms with Gasteiger partial charge in [0, 0.05) is 19.3 Å². The lowest BCUT2D eigenvalue weighted by atomic mass is 10.0. The molecule has 0 aliphatic carbocycles. The Kier molecular flexibility index (Phi) is 66.6. The minimum atomic E-state index is -0.783. The van der Waals surface area contributed by atoms with Crippen LogP contribution >= 0.6 is 0 Å². The first-order chi connectivity index (χ1) is 39.5. The Morgan fingerprint density at radius 3 is 0.787 bits per heavy atom. The molecule has 0 bridgehead atoms. The molecule has 468 valence electrons. The van der Waals surface area contributed by atoms with Crippen molar-refractivity contribution < 1.29 is 28.6 Å². The largest absolute Gasteiger partial charge is 0.462 e. The lowest BCUT2D eigenvalue weighted by molar-refractivity contribution is -0.167. The van der Waals surface area contributed by atoms with Crippen LogP contribution in [0.3, 0.4) is 0 Å². The van der Waals surface area contributed by atoms with Crippen LogP contribution in [0.1, 0.15) is 387 Å². The van der Waals surface area contributed by atoms with Gasteiger partial charge < -0.3 is 14.2 Å². The zero-order valence-electron chi connectivity index (χ0n) is 53.9. The van der Waals surface area contributed by atoms with E-state index in [1.807, 2.05) is 0 Å². The summed E-state index contributed by atoms with van der Waals surface area (Å²) in [5.41, 5.74) is 0. The molecule has 6 nitrogen and oxygen atoms in total. The van der Waals surface area contributed by atoms with E-state index >= 15 is 0 Å². The summed E-state index contributed by atoms with van der Waals surface area (Å²) in [6.07, 6.45) is 87.3. The minimum absolute atomic E-state index is 0.0776. The molecule has 0 aromatic carbocycles. The Labute approximate surface area is 498 Å².